The zero-order valence-corrected chi connectivity index (χ0v) is 18.4. The fourth-order valence-electron chi connectivity index (χ4n) is 3.33. The lowest BCUT2D eigenvalue weighted by atomic mass is 10.1. The van der Waals surface area contributed by atoms with Crippen LogP contribution in [0.4, 0.5) is 11.5 Å². The van der Waals surface area contributed by atoms with Crippen LogP contribution >= 0.6 is 0 Å². The van der Waals surface area contributed by atoms with Gasteiger partial charge in [-0.1, -0.05) is 48.5 Å². The quantitative estimate of drug-likeness (QED) is 0.562. The summed E-state index contributed by atoms with van der Waals surface area (Å²) in [4.78, 5) is 6.66. The van der Waals surface area contributed by atoms with Crippen molar-refractivity contribution in [3.8, 4) is 0 Å². The lowest BCUT2D eigenvalue weighted by Gasteiger charge is -2.25. The molecule has 0 unspecified atom stereocenters. The van der Waals surface area contributed by atoms with Crippen molar-refractivity contribution in [1.82, 2.24) is 9.88 Å². The second-order valence-corrected chi connectivity index (χ2v) is 9.02. The van der Waals surface area contributed by atoms with Crippen LogP contribution < -0.4 is 9.62 Å². The highest BCUT2D eigenvalue weighted by Gasteiger charge is 2.24. The molecule has 30 heavy (non-hydrogen) atoms. The lowest BCUT2D eigenvalue weighted by Crippen LogP contribution is -2.30. The van der Waals surface area contributed by atoms with Crippen LogP contribution in [-0.2, 0) is 10.0 Å². The Morgan fingerprint density at radius 2 is 1.57 bits per heavy atom. The van der Waals surface area contributed by atoms with Crippen LogP contribution in [0.15, 0.2) is 83.9 Å². The summed E-state index contributed by atoms with van der Waals surface area (Å²) < 4.78 is 27.5. The fraction of sp³-hybridized carbons (Fsp3) is 0.261. The average Bonchev–Trinajstić information content (AvgIpc) is 2.76. The largest absolute Gasteiger partial charge is 0.368 e. The van der Waals surface area contributed by atoms with Crippen molar-refractivity contribution < 1.29 is 8.42 Å². The molecule has 0 saturated carbocycles. The number of nitrogens with zero attached hydrogens (tertiary/aromatic N) is 3. The number of sulfonamides is 1. The highest BCUT2D eigenvalue weighted by molar-refractivity contribution is 7.92. The van der Waals surface area contributed by atoms with E-state index in [1.807, 2.05) is 57.4 Å². The van der Waals surface area contributed by atoms with Gasteiger partial charge in [0.05, 0.1) is 11.7 Å². The zero-order valence-electron chi connectivity index (χ0n) is 17.6. The minimum absolute atomic E-state index is 0.171. The lowest BCUT2D eigenvalue weighted by molar-refractivity contribution is 0.311. The Morgan fingerprint density at radius 3 is 2.10 bits per heavy atom. The molecular formula is C23H28N4O2S. The second-order valence-electron chi connectivity index (χ2n) is 7.16. The maximum atomic E-state index is 13.1. The van der Waals surface area contributed by atoms with Crippen molar-refractivity contribution in [2.45, 2.75) is 17.9 Å². The van der Waals surface area contributed by atoms with Gasteiger partial charge in [-0.2, -0.15) is 0 Å². The van der Waals surface area contributed by atoms with E-state index >= 15 is 0 Å². The predicted octanol–water partition coefficient (Wildman–Crippen LogP) is 4.01. The SMILES string of the molecule is CCN(c1ccccc1)S(=O)(=O)c1ccc(NC[C@@H](c2ccccc2)N(C)C)nc1. The van der Waals surface area contributed by atoms with E-state index in [0.717, 1.165) is 0 Å². The Balaban J connectivity index is 1.74. The van der Waals surface area contributed by atoms with E-state index in [1.54, 1.807) is 24.3 Å². The van der Waals surface area contributed by atoms with E-state index in [9.17, 15) is 8.42 Å². The molecule has 0 fully saturated rings. The van der Waals surface area contributed by atoms with E-state index < -0.39 is 10.0 Å². The maximum Gasteiger partial charge on any atom is 0.265 e. The number of anilines is 2. The monoisotopic (exact) mass is 424 g/mol. The van der Waals surface area contributed by atoms with Gasteiger partial charge in [0.2, 0.25) is 0 Å². The smallest absolute Gasteiger partial charge is 0.265 e. The minimum Gasteiger partial charge on any atom is -0.368 e. The number of benzene rings is 2. The molecule has 3 aromatic rings. The Hall–Kier alpha value is -2.90. The van der Waals surface area contributed by atoms with Crippen LogP contribution in [0.3, 0.4) is 0 Å². The first-order valence-corrected chi connectivity index (χ1v) is 11.4. The van der Waals surface area contributed by atoms with Gasteiger partial charge in [-0.05, 0) is 50.8 Å². The number of aromatic nitrogens is 1. The standard InChI is InChI=1S/C23H28N4O2S/c1-4-27(20-13-9-6-10-14-20)30(28,29)21-15-16-23(24-17-21)25-18-22(26(2)3)19-11-7-5-8-12-19/h5-17,22H,4,18H2,1-3H3,(H,24,25)/t22-/m0/s1. The molecule has 0 aliphatic rings. The first-order valence-electron chi connectivity index (χ1n) is 9.92. The summed E-state index contributed by atoms with van der Waals surface area (Å²) in [5, 5.41) is 3.32. The van der Waals surface area contributed by atoms with Crippen LogP contribution in [0.25, 0.3) is 0 Å². The number of likely N-dealkylation sites (N-methyl/N-ethyl adjacent to an activating group) is 1. The molecule has 0 spiro atoms. The van der Waals surface area contributed by atoms with Crippen molar-refractivity contribution in [3.05, 3.63) is 84.6 Å². The van der Waals surface area contributed by atoms with Gasteiger partial charge < -0.3 is 10.2 Å². The van der Waals surface area contributed by atoms with Crippen molar-refractivity contribution in [1.29, 1.82) is 0 Å². The van der Waals surface area contributed by atoms with Gasteiger partial charge >= 0.3 is 0 Å². The van der Waals surface area contributed by atoms with Gasteiger partial charge in [0.15, 0.2) is 0 Å². The average molecular weight is 425 g/mol. The summed E-state index contributed by atoms with van der Waals surface area (Å²) in [6, 6.07) is 22.8. The summed E-state index contributed by atoms with van der Waals surface area (Å²) in [5.41, 5.74) is 1.84. The van der Waals surface area contributed by atoms with Gasteiger partial charge in [0.25, 0.3) is 10.0 Å². The van der Waals surface area contributed by atoms with Gasteiger partial charge in [-0.3, -0.25) is 4.31 Å². The van der Waals surface area contributed by atoms with Gasteiger partial charge in [-0.25, -0.2) is 13.4 Å². The molecule has 0 saturated heterocycles. The molecule has 1 aromatic heterocycles. The predicted molar refractivity (Wildman–Crippen MR) is 122 cm³/mol. The van der Waals surface area contributed by atoms with Gasteiger partial charge in [0, 0.05) is 19.3 Å². The topological polar surface area (TPSA) is 65.5 Å². The highest BCUT2D eigenvalue weighted by Crippen LogP contribution is 2.24. The van der Waals surface area contributed by atoms with E-state index in [1.165, 1.54) is 16.1 Å². The van der Waals surface area contributed by atoms with Gasteiger partial charge in [0.1, 0.15) is 10.7 Å². The van der Waals surface area contributed by atoms with Gasteiger partial charge in [-0.15, -0.1) is 0 Å². The fourth-order valence-corrected chi connectivity index (χ4v) is 4.74. The molecule has 0 radical (unpaired) electrons. The first kappa shape index (κ1) is 21.8. The molecule has 6 nitrogen and oxygen atoms in total. The molecule has 7 heteroatoms. The molecule has 2 aromatic carbocycles. The molecule has 1 heterocycles. The van der Waals surface area contributed by atoms with Crippen LogP contribution in [0.5, 0.6) is 0 Å². The van der Waals surface area contributed by atoms with Crippen LogP contribution in [0.2, 0.25) is 0 Å². The Bertz CT molecular complexity index is 1020. The highest BCUT2D eigenvalue weighted by atomic mass is 32.2. The van der Waals surface area contributed by atoms with Crippen molar-refractivity contribution in [2.75, 3.05) is 36.8 Å². The molecule has 0 aliphatic carbocycles. The van der Waals surface area contributed by atoms with Crippen molar-refractivity contribution in [2.24, 2.45) is 0 Å². The Kier molecular flexibility index (Phi) is 7.07. The van der Waals surface area contributed by atoms with E-state index in [0.29, 0.717) is 24.6 Å². The Labute approximate surface area is 179 Å². The third-order valence-electron chi connectivity index (χ3n) is 4.94. The second kappa shape index (κ2) is 9.73. The molecule has 0 bridgehead atoms. The normalized spacial score (nSPS) is 12.5. The van der Waals surface area contributed by atoms with E-state index in [2.05, 4.69) is 27.3 Å². The van der Waals surface area contributed by atoms with Crippen LogP contribution in [0.1, 0.15) is 18.5 Å². The molecule has 0 amide bonds. The number of pyridine rings is 1. The zero-order chi connectivity index (χ0) is 21.6. The Morgan fingerprint density at radius 1 is 0.933 bits per heavy atom. The van der Waals surface area contributed by atoms with Crippen LogP contribution in [-0.4, -0.2) is 45.5 Å². The number of hydrogen-bond donors (Lipinski definition) is 1. The molecular weight excluding hydrogens is 396 g/mol. The molecule has 1 atom stereocenters. The minimum atomic E-state index is -3.67. The third-order valence-corrected chi connectivity index (χ3v) is 6.83. The molecule has 0 aliphatic heterocycles. The number of rotatable bonds is 9. The summed E-state index contributed by atoms with van der Waals surface area (Å²) in [7, 11) is 0.392. The van der Waals surface area contributed by atoms with Crippen molar-refractivity contribution >= 4 is 21.5 Å². The van der Waals surface area contributed by atoms with Crippen LogP contribution in [0, 0.1) is 0 Å². The number of para-hydroxylation sites is 1. The number of hydrogen-bond acceptors (Lipinski definition) is 5. The number of nitrogens with one attached hydrogen (secondary N) is 1. The molecule has 3 rings (SSSR count). The van der Waals surface area contributed by atoms with E-state index in [4.69, 9.17) is 0 Å². The summed E-state index contributed by atoms with van der Waals surface area (Å²) in [5.74, 6) is 0.638. The van der Waals surface area contributed by atoms with Crippen molar-refractivity contribution in [3.63, 3.8) is 0 Å². The summed E-state index contributed by atoms with van der Waals surface area (Å²) in [6.45, 7) is 2.81. The van der Waals surface area contributed by atoms with E-state index in [-0.39, 0.29) is 10.9 Å². The molecule has 1 N–H and O–H groups in total. The third kappa shape index (κ3) is 4.98. The maximum absolute atomic E-state index is 13.1. The first-order chi connectivity index (χ1) is 14.4. The molecule has 158 valence electrons. The summed E-state index contributed by atoms with van der Waals surface area (Å²) in [6.07, 6.45) is 1.41. The summed E-state index contributed by atoms with van der Waals surface area (Å²) >= 11 is 0.